The number of carboxylic acid groups (broad SMARTS) is 1. The second-order valence-electron chi connectivity index (χ2n) is 6.24. The number of rotatable bonds is 3. The number of nitriles is 1. The van der Waals surface area contributed by atoms with Crippen molar-refractivity contribution in [2.75, 3.05) is 0 Å². The number of aliphatic carboxylic acids is 1. The molecule has 3 rings (SSSR count). The quantitative estimate of drug-likeness (QED) is 0.784. The number of carbonyl (C=O) groups is 3. The Morgan fingerprint density at radius 1 is 1.42 bits per heavy atom. The lowest BCUT2D eigenvalue weighted by Gasteiger charge is -2.43. The van der Waals surface area contributed by atoms with Crippen LogP contribution < -0.4 is 5.32 Å². The van der Waals surface area contributed by atoms with Gasteiger partial charge >= 0.3 is 5.97 Å². The third kappa shape index (κ3) is 2.41. The molecule has 3 atom stereocenters. The molecule has 2 heterocycles. The maximum absolute atomic E-state index is 12.3. The lowest BCUT2D eigenvalue weighted by molar-refractivity contribution is -0.159. The molecule has 0 bridgehead atoms. The molecule has 1 aromatic rings. The molecular formula is C16H15N3O4S. The van der Waals surface area contributed by atoms with E-state index in [1.54, 1.807) is 32.0 Å². The summed E-state index contributed by atoms with van der Waals surface area (Å²) in [5.41, 5.74) is 0.642. The first kappa shape index (κ1) is 16.3. The Morgan fingerprint density at radius 3 is 2.75 bits per heavy atom. The van der Waals surface area contributed by atoms with E-state index in [4.69, 9.17) is 5.26 Å². The highest BCUT2D eigenvalue weighted by molar-refractivity contribution is 8.01. The Bertz CT molecular complexity index is 786. The number of thioether (sulfide) groups is 1. The number of hydrogen-bond donors (Lipinski definition) is 2. The minimum Gasteiger partial charge on any atom is -0.480 e. The maximum Gasteiger partial charge on any atom is 0.327 e. The van der Waals surface area contributed by atoms with Gasteiger partial charge in [0.2, 0.25) is 5.91 Å². The Morgan fingerprint density at radius 2 is 2.12 bits per heavy atom. The second-order valence-corrected chi connectivity index (χ2v) is 8.01. The average molecular weight is 345 g/mol. The molecule has 2 fully saturated rings. The molecule has 124 valence electrons. The molecule has 0 unspecified atom stereocenters. The van der Waals surface area contributed by atoms with Crippen LogP contribution in [-0.2, 0) is 9.59 Å². The average Bonchev–Trinajstić information content (AvgIpc) is 2.80. The molecule has 0 saturated carbocycles. The summed E-state index contributed by atoms with van der Waals surface area (Å²) in [5.74, 6) is -1.90. The van der Waals surface area contributed by atoms with Crippen molar-refractivity contribution >= 4 is 29.5 Å². The van der Waals surface area contributed by atoms with E-state index in [9.17, 15) is 19.5 Å². The highest BCUT2D eigenvalue weighted by Crippen LogP contribution is 2.50. The first-order valence-corrected chi connectivity index (χ1v) is 8.18. The van der Waals surface area contributed by atoms with Crippen LogP contribution in [0.4, 0.5) is 0 Å². The van der Waals surface area contributed by atoms with Gasteiger partial charge < -0.3 is 15.3 Å². The van der Waals surface area contributed by atoms with E-state index in [0.717, 1.165) is 0 Å². The first-order chi connectivity index (χ1) is 11.3. The molecular weight excluding hydrogens is 330 g/mol. The van der Waals surface area contributed by atoms with Gasteiger partial charge in [-0.15, -0.1) is 11.8 Å². The van der Waals surface area contributed by atoms with Crippen LogP contribution in [0, 0.1) is 11.3 Å². The van der Waals surface area contributed by atoms with Crippen molar-refractivity contribution in [2.45, 2.75) is 36.1 Å². The SMILES string of the molecule is CC1(C)S[C@@H]2[C@H](NC(=O)c3cccc(C#N)c3)C(=O)N2[C@H]1C(=O)O. The Labute approximate surface area is 142 Å². The van der Waals surface area contributed by atoms with Gasteiger partial charge in [0.05, 0.1) is 11.6 Å². The fraction of sp³-hybridized carbons (Fsp3) is 0.375. The lowest BCUT2D eigenvalue weighted by atomic mass is 9.96. The molecule has 2 N–H and O–H groups in total. The van der Waals surface area contributed by atoms with Crippen LogP contribution in [0.5, 0.6) is 0 Å². The Balaban J connectivity index is 1.76. The van der Waals surface area contributed by atoms with Crippen molar-refractivity contribution in [3.05, 3.63) is 35.4 Å². The number of benzene rings is 1. The van der Waals surface area contributed by atoms with Crippen LogP contribution >= 0.6 is 11.8 Å². The van der Waals surface area contributed by atoms with Crippen molar-refractivity contribution in [1.82, 2.24) is 10.2 Å². The third-order valence-electron chi connectivity index (χ3n) is 4.22. The summed E-state index contributed by atoms with van der Waals surface area (Å²) in [5, 5.41) is 20.5. The number of nitrogens with zero attached hydrogens (tertiary/aromatic N) is 2. The molecule has 24 heavy (non-hydrogen) atoms. The van der Waals surface area contributed by atoms with Gasteiger partial charge in [0, 0.05) is 10.3 Å². The topological polar surface area (TPSA) is 111 Å². The molecule has 8 heteroatoms. The number of fused-ring (bicyclic) bond motifs is 1. The highest BCUT2D eigenvalue weighted by Gasteiger charge is 2.64. The van der Waals surface area contributed by atoms with E-state index in [1.165, 1.54) is 22.7 Å². The zero-order chi connectivity index (χ0) is 17.6. The summed E-state index contributed by atoms with van der Waals surface area (Å²) in [4.78, 5) is 37.4. The Hall–Kier alpha value is -2.53. The number of carboxylic acids is 1. The number of hydrogen-bond acceptors (Lipinski definition) is 5. The van der Waals surface area contributed by atoms with E-state index in [-0.39, 0.29) is 5.56 Å². The lowest BCUT2D eigenvalue weighted by Crippen LogP contribution is -2.70. The van der Waals surface area contributed by atoms with Gasteiger partial charge in [0.15, 0.2) is 0 Å². The Kier molecular flexibility index (Phi) is 3.76. The summed E-state index contributed by atoms with van der Waals surface area (Å²) >= 11 is 1.37. The van der Waals surface area contributed by atoms with E-state index < -0.39 is 40.0 Å². The molecule has 7 nitrogen and oxygen atoms in total. The van der Waals surface area contributed by atoms with Crippen molar-refractivity contribution in [1.29, 1.82) is 5.26 Å². The standard InChI is InChI=1S/C16H15N3O4S/c1-16(2)11(15(22)23)19-13(21)10(14(19)24-16)18-12(20)9-5-3-4-8(6-9)7-17/h3-6,10-11,14H,1-2H3,(H,18,20)(H,22,23)/t10-,11+,14-/m1/s1. The van der Waals surface area contributed by atoms with Gasteiger partial charge in [-0.2, -0.15) is 5.26 Å². The number of nitrogens with one attached hydrogen (secondary N) is 1. The number of β-lactam (4-membered cyclic amide) rings is 1. The molecule has 2 amide bonds. The summed E-state index contributed by atoms with van der Waals surface area (Å²) in [7, 11) is 0. The van der Waals surface area contributed by atoms with E-state index in [1.807, 2.05) is 6.07 Å². The van der Waals surface area contributed by atoms with E-state index in [0.29, 0.717) is 5.56 Å². The largest absolute Gasteiger partial charge is 0.480 e. The summed E-state index contributed by atoms with van der Waals surface area (Å²) < 4.78 is -0.633. The molecule has 1 aromatic carbocycles. The van der Waals surface area contributed by atoms with Gasteiger partial charge in [-0.05, 0) is 32.0 Å². The fourth-order valence-electron chi connectivity index (χ4n) is 3.10. The van der Waals surface area contributed by atoms with Crippen LogP contribution in [0.3, 0.4) is 0 Å². The smallest absolute Gasteiger partial charge is 0.327 e. The van der Waals surface area contributed by atoms with Gasteiger partial charge in [-0.1, -0.05) is 6.07 Å². The minimum atomic E-state index is -1.05. The predicted octanol–water partition coefficient (Wildman–Crippen LogP) is 0.804. The van der Waals surface area contributed by atoms with Gasteiger partial charge in [0.1, 0.15) is 17.5 Å². The molecule has 2 saturated heterocycles. The highest BCUT2D eigenvalue weighted by atomic mass is 32.2. The van der Waals surface area contributed by atoms with E-state index in [2.05, 4.69) is 5.32 Å². The van der Waals surface area contributed by atoms with Crippen molar-refractivity contribution in [2.24, 2.45) is 0 Å². The molecule has 0 spiro atoms. The molecule has 2 aliphatic rings. The fourth-order valence-corrected chi connectivity index (χ4v) is 4.73. The molecule has 2 aliphatic heterocycles. The molecule has 0 radical (unpaired) electrons. The maximum atomic E-state index is 12.3. The van der Waals surface area contributed by atoms with Crippen LogP contribution in [0.1, 0.15) is 29.8 Å². The third-order valence-corrected chi connectivity index (χ3v) is 5.79. The van der Waals surface area contributed by atoms with Crippen LogP contribution in [-0.4, -0.2) is 50.0 Å². The van der Waals surface area contributed by atoms with Crippen LogP contribution in [0.2, 0.25) is 0 Å². The summed E-state index contributed by atoms with van der Waals surface area (Å²) in [6.45, 7) is 3.55. The zero-order valence-electron chi connectivity index (χ0n) is 13.0. The van der Waals surface area contributed by atoms with Crippen molar-refractivity contribution < 1.29 is 19.5 Å². The zero-order valence-corrected chi connectivity index (χ0v) is 13.8. The second kappa shape index (κ2) is 5.53. The van der Waals surface area contributed by atoms with Crippen molar-refractivity contribution in [3.63, 3.8) is 0 Å². The summed E-state index contributed by atoms with van der Waals surface area (Å²) in [6.07, 6.45) is 0. The van der Waals surface area contributed by atoms with Crippen LogP contribution in [0.25, 0.3) is 0 Å². The van der Waals surface area contributed by atoms with Gasteiger partial charge in [0.25, 0.3) is 5.91 Å². The monoisotopic (exact) mass is 345 g/mol. The summed E-state index contributed by atoms with van der Waals surface area (Å²) in [6, 6.07) is 6.48. The van der Waals surface area contributed by atoms with Gasteiger partial charge in [-0.25, -0.2) is 4.79 Å². The molecule has 0 aliphatic carbocycles. The van der Waals surface area contributed by atoms with E-state index >= 15 is 0 Å². The molecule has 0 aromatic heterocycles. The van der Waals surface area contributed by atoms with Gasteiger partial charge in [-0.3, -0.25) is 9.59 Å². The number of amides is 2. The minimum absolute atomic E-state index is 0.289. The normalized spacial score (nSPS) is 27.0. The number of carbonyl (C=O) groups excluding carboxylic acids is 2. The van der Waals surface area contributed by atoms with Crippen LogP contribution in [0.15, 0.2) is 24.3 Å². The first-order valence-electron chi connectivity index (χ1n) is 7.30. The predicted molar refractivity (Wildman–Crippen MR) is 86.1 cm³/mol. The van der Waals surface area contributed by atoms with Crippen molar-refractivity contribution in [3.8, 4) is 6.07 Å².